The van der Waals surface area contributed by atoms with Gasteiger partial charge in [-0.25, -0.2) is 9.67 Å². The molecule has 0 aliphatic rings. The zero-order valence-corrected chi connectivity index (χ0v) is 18.6. The smallest absolute Gasteiger partial charge is 0.274 e. The van der Waals surface area contributed by atoms with Gasteiger partial charge in [0.2, 0.25) is 5.95 Å². The zero-order valence-electron chi connectivity index (χ0n) is 18.6. The molecule has 0 atom stereocenters. The molecule has 164 valence electrons. The first-order valence-corrected chi connectivity index (χ1v) is 10.6. The molecule has 0 fully saturated rings. The number of fused-ring (bicyclic) bond motifs is 1. The van der Waals surface area contributed by atoms with E-state index in [2.05, 4.69) is 56.7 Å². The lowest BCUT2D eigenvalue weighted by atomic mass is 9.99. The lowest BCUT2D eigenvalue weighted by Gasteiger charge is -2.10. The lowest BCUT2D eigenvalue weighted by molar-refractivity contribution is 0.709. The Morgan fingerprint density at radius 1 is 0.879 bits per heavy atom. The molecule has 0 saturated carbocycles. The van der Waals surface area contributed by atoms with E-state index in [0.29, 0.717) is 18.1 Å². The molecule has 0 saturated heterocycles. The maximum absolute atomic E-state index is 12.4. The highest BCUT2D eigenvalue weighted by atomic mass is 16.1. The molecule has 0 aliphatic heterocycles. The van der Waals surface area contributed by atoms with E-state index >= 15 is 0 Å². The third kappa shape index (κ3) is 3.98. The molecule has 5 aromatic rings. The standard InChI is InChI=1S/C25H23N7O/c1-16-10-18(4-5-22(16)19-6-8-26-17(2)11-19)13-27-25-28-15-21-12-20(14-30-32(21)25)23-7-9-29-31(3)24(23)33/h4-12,14-15H,13H2,1-3H3,(H,27,28). The Morgan fingerprint density at radius 3 is 2.58 bits per heavy atom. The number of nitrogens with zero attached hydrogens (tertiary/aromatic N) is 6. The highest BCUT2D eigenvalue weighted by Crippen LogP contribution is 2.25. The van der Waals surface area contributed by atoms with Crippen LogP contribution in [0.2, 0.25) is 0 Å². The van der Waals surface area contributed by atoms with E-state index in [9.17, 15) is 4.79 Å². The molecule has 33 heavy (non-hydrogen) atoms. The van der Waals surface area contributed by atoms with E-state index in [1.807, 2.05) is 25.3 Å². The first-order chi connectivity index (χ1) is 16.0. The monoisotopic (exact) mass is 437 g/mol. The minimum atomic E-state index is -0.165. The summed E-state index contributed by atoms with van der Waals surface area (Å²) in [7, 11) is 1.63. The van der Waals surface area contributed by atoms with Gasteiger partial charge in [0.25, 0.3) is 5.56 Å². The molecule has 1 aromatic carbocycles. The normalized spacial score (nSPS) is 11.1. The summed E-state index contributed by atoms with van der Waals surface area (Å²) in [5.41, 5.74) is 7.65. The number of benzene rings is 1. The average molecular weight is 438 g/mol. The van der Waals surface area contributed by atoms with Crippen molar-refractivity contribution in [3.05, 3.63) is 94.4 Å². The van der Waals surface area contributed by atoms with E-state index < -0.39 is 0 Å². The fourth-order valence-corrected chi connectivity index (χ4v) is 3.94. The minimum absolute atomic E-state index is 0.165. The Hall–Kier alpha value is -4.33. The molecule has 4 aromatic heterocycles. The predicted molar refractivity (Wildman–Crippen MR) is 128 cm³/mol. The van der Waals surface area contributed by atoms with Crippen LogP contribution in [0.5, 0.6) is 0 Å². The number of anilines is 1. The van der Waals surface area contributed by atoms with Crippen LogP contribution in [-0.2, 0) is 13.6 Å². The zero-order chi connectivity index (χ0) is 22.9. The van der Waals surface area contributed by atoms with E-state index in [4.69, 9.17) is 0 Å². The van der Waals surface area contributed by atoms with Gasteiger partial charge in [0.05, 0.1) is 23.5 Å². The van der Waals surface area contributed by atoms with Gasteiger partial charge in [0.15, 0.2) is 0 Å². The molecule has 1 N–H and O–H groups in total. The van der Waals surface area contributed by atoms with Gasteiger partial charge in [0, 0.05) is 37.2 Å². The summed E-state index contributed by atoms with van der Waals surface area (Å²) in [4.78, 5) is 21.1. The Morgan fingerprint density at radius 2 is 1.76 bits per heavy atom. The summed E-state index contributed by atoms with van der Waals surface area (Å²) < 4.78 is 3.04. The van der Waals surface area contributed by atoms with Crippen molar-refractivity contribution >= 4 is 11.5 Å². The Balaban J connectivity index is 1.36. The molecule has 0 spiro atoms. The van der Waals surface area contributed by atoms with E-state index in [-0.39, 0.29) is 5.56 Å². The Labute approximate surface area is 190 Å². The number of aryl methyl sites for hydroxylation is 3. The quantitative estimate of drug-likeness (QED) is 0.450. The number of hydrogen-bond donors (Lipinski definition) is 1. The number of pyridine rings is 1. The largest absolute Gasteiger partial charge is 0.350 e. The Bertz CT molecular complexity index is 1530. The van der Waals surface area contributed by atoms with Crippen LogP contribution in [0.3, 0.4) is 0 Å². The second kappa shape index (κ2) is 8.31. The van der Waals surface area contributed by atoms with Gasteiger partial charge in [0.1, 0.15) is 0 Å². The summed E-state index contributed by atoms with van der Waals surface area (Å²) in [6.07, 6.45) is 6.86. The predicted octanol–water partition coefficient (Wildman–Crippen LogP) is 3.78. The fraction of sp³-hybridized carbons (Fsp3) is 0.160. The lowest BCUT2D eigenvalue weighted by Crippen LogP contribution is -2.20. The van der Waals surface area contributed by atoms with Crippen molar-refractivity contribution in [1.82, 2.24) is 29.4 Å². The first-order valence-electron chi connectivity index (χ1n) is 10.6. The molecule has 0 amide bonds. The van der Waals surface area contributed by atoms with E-state index in [0.717, 1.165) is 22.3 Å². The average Bonchev–Trinajstić information content (AvgIpc) is 3.22. The molecular weight excluding hydrogens is 414 g/mol. The van der Waals surface area contributed by atoms with Crippen molar-refractivity contribution in [2.75, 3.05) is 5.32 Å². The van der Waals surface area contributed by atoms with Gasteiger partial charge in [-0.3, -0.25) is 9.78 Å². The van der Waals surface area contributed by atoms with Gasteiger partial charge in [-0.1, -0.05) is 18.2 Å². The van der Waals surface area contributed by atoms with Crippen molar-refractivity contribution in [2.45, 2.75) is 20.4 Å². The number of nitrogens with one attached hydrogen (secondary N) is 1. The molecule has 0 unspecified atom stereocenters. The molecular formula is C25H23N7O. The number of rotatable bonds is 5. The second-order valence-electron chi connectivity index (χ2n) is 8.03. The Kier molecular flexibility index (Phi) is 5.18. The van der Waals surface area contributed by atoms with Crippen molar-refractivity contribution < 1.29 is 0 Å². The van der Waals surface area contributed by atoms with E-state index in [1.165, 1.54) is 21.4 Å². The number of aromatic nitrogens is 6. The van der Waals surface area contributed by atoms with Crippen LogP contribution in [0.25, 0.3) is 27.8 Å². The fourth-order valence-electron chi connectivity index (χ4n) is 3.94. The number of imidazole rings is 1. The molecule has 0 bridgehead atoms. The maximum Gasteiger partial charge on any atom is 0.274 e. The molecule has 4 heterocycles. The summed E-state index contributed by atoms with van der Waals surface area (Å²) in [5.74, 6) is 0.644. The summed E-state index contributed by atoms with van der Waals surface area (Å²) >= 11 is 0. The SMILES string of the molecule is Cc1cc(-c2ccc(CNc3ncc4cc(-c5ccnn(C)c5=O)cnn34)cc2C)ccn1. The van der Waals surface area contributed by atoms with Crippen LogP contribution in [0.4, 0.5) is 5.95 Å². The minimum Gasteiger partial charge on any atom is -0.350 e. The third-order valence-electron chi connectivity index (χ3n) is 5.65. The van der Waals surface area contributed by atoms with Crippen molar-refractivity contribution in [3.63, 3.8) is 0 Å². The van der Waals surface area contributed by atoms with Crippen molar-refractivity contribution in [2.24, 2.45) is 7.05 Å². The van der Waals surface area contributed by atoms with Crippen molar-refractivity contribution in [1.29, 1.82) is 0 Å². The van der Waals surface area contributed by atoms with Gasteiger partial charge >= 0.3 is 0 Å². The topological polar surface area (TPSA) is 90.0 Å². The first kappa shape index (κ1) is 20.6. The van der Waals surface area contributed by atoms with Gasteiger partial charge in [-0.2, -0.15) is 14.7 Å². The van der Waals surface area contributed by atoms with Crippen LogP contribution in [0.15, 0.2) is 72.0 Å². The highest BCUT2D eigenvalue weighted by Gasteiger charge is 2.10. The third-order valence-corrected chi connectivity index (χ3v) is 5.65. The van der Waals surface area contributed by atoms with Crippen LogP contribution < -0.4 is 10.9 Å². The molecule has 0 radical (unpaired) electrons. The van der Waals surface area contributed by atoms with Crippen LogP contribution >= 0.6 is 0 Å². The van der Waals surface area contributed by atoms with Crippen LogP contribution in [0.1, 0.15) is 16.8 Å². The number of hydrogen-bond acceptors (Lipinski definition) is 6. The molecule has 5 rings (SSSR count). The van der Waals surface area contributed by atoms with Gasteiger partial charge in [-0.15, -0.1) is 0 Å². The van der Waals surface area contributed by atoms with E-state index in [1.54, 1.807) is 36.2 Å². The second-order valence-corrected chi connectivity index (χ2v) is 8.03. The van der Waals surface area contributed by atoms with Crippen LogP contribution in [0, 0.1) is 13.8 Å². The van der Waals surface area contributed by atoms with Gasteiger partial charge in [-0.05, 0) is 60.4 Å². The highest BCUT2D eigenvalue weighted by molar-refractivity contribution is 5.68. The molecule has 8 nitrogen and oxygen atoms in total. The molecule has 0 aliphatic carbocycles. The summed E-state index contributed by atoms with van der Waals surface area (Å²) in [6.45, 7) is 4.73. The maximum atomic E-state index is 12.4. The summed E-state index contributed by atoms with van der Waals surface area (Å²) in [5, 5.41) is 11.8. The van der Waals surface area contributed by atoms with Crippen LogP contribution in [-0.4, -0.2) is 29.4 Å². The summed E-state index contributed by atoms with van der Waals surface area (Å²) in [6, 6.07) is 14.2. The van der Waals surface area contributed by atoms with Crippen molar-refractivity contribution in [3.8, 4) is 22.3 Å². The van der Waals surface area contributed by atoms with Gasteiger partial charge < -0.3 is 5.32 Å². The molecule has 8 heteroatoms.